The lowest BCUT2D eigenvalue weighted by Crippen LogP contribution is -2.58. The molecule has 3 unspecified atom stereocenters. The quantitative estimate of drug-likeness (QED) is 0.329. The molecule has 2 aromatic rings. The van der Waals surface area contributed by atoms with Gasteiger partial charge in [-0.2, -0.15) is 0 Å². The van der Waals surface area contributed by atoms with Gasteiger partial charge in [-0.1, -0.05) is 0 Å². The highest BCUT2D eigenvalue weighted by Gasteiger charge is 2.60. The van der Waals surface area contributed by atoms with E-state index in [4.69, 9.17) is 10.2 Å². The lowest BCUT2D eigenvalue weighted by Gasteiger charge is -2.46. The third-order valence-electron chi connectivity index (χ3n) is 7.67. The van der Waals surface area contributed by atoms with Crippen molar-refractivity contribution in [1.82, 2.24) is 5.32 Å². The smallest absolute Gasteiger partial charge is 0.255 e. The summed E-state index contributed by atoms with van der Waals surface area (Å²) in [7, 11) is 0. The Hall–Kier alpha value is -3.89. The van der Waals surface area contributed by atoms with Crippen molar-refractivity contribution in [3.63, 3.8) is 0 Å². The molecule has 3 aliphatic carbocycles. The Balaban J connectivity index is 1.60. The Morgan fingerprint density at radius 2 is 1.84 bits per heavy atom. The van der Waals surface area contributed by atoms with E-state index in [1.165, 1.54) is 6.07 Å². The van der Waals surface area contributed by atoms with Crippen molar-refractivity contribution >= 4 is 23.2 Å². The molecule has 200 valence electrons. The summed E-state index contributed by atoms with van der Waals surface area (Å²) < 4.78 is 6.05. The number of furan rings is 1. The van der Waals surface area contributed by atoms with E-state index in [-0.39, 0.29) is 41.7 Å². The van der Waals surface area contributed by atoms with Crippen molar-refractivity contribution in [2.45, 2.75) is 57.7 Å². The highest BCUT2D eigenvalue weighted by molar-refractivity contribution is 6.22. The second-order valence-corrected chi connectivity index (χ2v) is 11.3. The first-order valence-electron chi connectivity index (χ1n) is 12.4. The topological polar surface area (TPSA) is 183 Å². The highest BCUT2D eigenvalue weighted by atomic mass is 16.4. The third-order valence-corrected chi connectivity index (χ3v) is 7.67. The van der Waals surface area contributed by atoms with Crippen LogP contribution >= 0.6 is 0 Å². The van der Waals surface area contributed by atoms with Crippen LogP contribution in [0.4, 0.5) is 0 Å². The number of nitrogens with one attached hydrogen (secondary N) is 1. The number of hydrogen-bond donors (Lipinski definition) is 6. The fourth-order valence-corrected chi connectivity index (χ4v) is 5.82. The summed E-state index contributed by atoms with van der Waals surface area (Å²) in [6.07, 6.45) is -0.0947. The molecule has 3 atom stereocenters. The number of rotatable bonds is 4. The molecular formula is C28H30N2O8. The van der Waals surface area contributed by atoms with E-state index < -0.39 is 52.0 Å². The average molecular weight is 523 g/mol. The predicted octanol–water partition coefficient (Wildman–Crippen LogP) is 2.57. The molecular weight excluding hydrogens is 492 g/mol. The van der Waals surface area contributed by atoms with Gasteiger partial charge in [-0.15, -0.1) is 0 Å². The molecule has 1 fully saturated rings. The minimum Gasteiger partial charge on any atom is -0.508 e. The lowest BCUT2D eigenvalue weighted by molar-refractivity contribution is -0.147. The van der Waals surface area contributed by atoms with Gasteiger partial charge in [-0.25, -0.2) is 0 Å². The fraction of sp³-hybridized carbons (Fsp3) is 0.393. The number of aliphatic hydroxyl groups is 3. The number of hydrogen-bond acceptors (Lipinski definition) is 9. The standard InChI is InChI=1S/C28H30N2O8/c1-27(2,3)30-11-14-4-7-19(38-14)15-5-6-17(31)21-16(15)9-12-8-13-10-18(32)22(26(29)36)25(35)28(13,37)24(34)20(12)23(21)33/h4-7,12-13,30-31,33,35,37H,8-11H2,1-3H3,(H2,29,36). The Labute approximate surface area is 218 Å². The van der Waals surface area contributed by atoms with Gasteiger partial charge in [-0.05, 0) is 69.4 Å². The number of phenolic OH excluding ortho intramolecular Hbond substituents is 1. The number of carbonyl (C=O) groups is 3. The van der Waals surface area contributed by atoms with E-state index in [1.54, 1.807) is 12.1 Å². The van der Waals surface area contributed by atoms with E-state index in [0.717, 1.165) is 0 Å². The number of aliphatic hydroxyl groups excluding tert-OH is 2. The minimum absolute atomic E-state index is 0.0281. The number of primary amides is 1. The summed E-state index contributed by atoms with van der Waals surface area (Å²) in [5.74, 6) is -5.35. The van der Waals surface area contributed by atoms with Crippen LogP contribution in [-0.2, 0) is 27.3 Å². The molecule has 1 heterocycles. The van der Waals surface area contributed by atoms with Crippen LogP contribution in [0.2, 0.25) is 0 Å². The molecule has 1 aromatic carbocycles. The van der Waals surface area contributed by atoms with Crippen molar-refractivity contribution in [2.75, 3.05) is 0 Å². The lowest BCUT2D eigenvalue weighted by atomic mass is 9.59. The van der Waals surface area contributed by atoms with Crippen LogP contribution in [0, 0.1) is 11.8 Å². The van der Waals surface area contributed by atoms with Crippen LogP contribution in [-0.4, -0.2) is 49.0 Å². The fourth-order valence-electron chi connectivity index (χ4n) is 5.82. The van der Waals surface area contributed by atoms with Crippen molar-refractivity contribution < 1.29 is 39.2 Å². The zero-order valence-electron chi connectivity index (χ0n) is 21.3. The normalized spacial score (nSPS) is 25.3. The summed E-state index contributed by atoms with van der Waals surface area (Å²) in [6, 6.07) is 6.68. The Morgan fingerprint density at radius 1 is 1.13 bits per heavy atom. The number of carbonyl (C=O) groups excluding carboxylic acids is 3. The van der Waals surface area contributed by atoms with Gasteiger partial charge in [0.1, 0.15) is 34.4 Å². The van der Waals surface area contributed by atoms with Gasteiger partial charge in [0.15, 0.2) is 11.4 Å². The largest absolute Gasteiger partial charge is 0.508 e. The predicted molar refractivity (Wildman–Crippen MR) is 136 cm³/mol. The van der Waals surface area contributed by atoms with Gasteiger partial charge in [0.05, 0.1) is 12.1 Å². The van der Waals surface area contributed by atoms with Crippen molar-refractivity contribution in [2.24, 2.45) is 17.6 Å². The molecule has 0 radical (unpaired) electrons. The molecule has 1 saturated carbocycles. The number of phenols is 1. The van der Waals surface area contributed by atoms with E-state index in [9.17, 15) is 34.8 Å². The second-order valence-electron chi connectivity index (χ2n) is 11.3. The van der Waals surface area contributed by atoms with Gasteiger partial charge < -0.3 is 35.9 Å². The van der Waals surface area contributed by atoms with Crippen LogP contribution in [0.5, 0.6) is 5.75 Å². The Morgan fingerprint density at radius 3 is 2.50 bits per heavy atom. The van der Waals surface area contributed by atoms with Crippen molar-refractivity contribution in [3.8, 4) is 17.1 Å². The van der Waals surface area contributed by atoms with Gasteiger partial charge >= 0.3 is 0 Å². The monoisotopic (exact) mass is 522 g/mol. The van der Waals surface area contributed by atoms with Crippen LogP contribution in [0.3, 0.4) is 0 Å². The molecule has 3 aliphatic rings. The van der Waals surface area contributed by atoms with E-state index in [0.29, 0.717) is 29.2 Å². The molecule has 38 heavy (non-hydrogen) atoms. The zero-order valence-corrected chi connectivity index (χ0v) is 21.3. The molecule has 1 aromatic heterocycles. The van der Waals surface area contributed by atoms with Gasteiger partial charge in [0.2, 0.25) is 5.78 Å². The van der Waals surface area contributed by atoms with Gasteiger partial charge in [0.25, 0.3) is 5.91 Å². The molecule has 0 bridgehead atoms. The SMILES string of the molecule is CC(C)(C)NCc1ccc(-c2ccc(O)c3c2CC2CC4CC(=O)C(C(N)=O)=C(O)C4(O)C(=O)C2=C3O)o1. The molecule has 0 saturated heterocycles. The third kappa shape index (κ3) is 3.83. The van der Waals surface area contributed by atoms with Gasteiger partial charge in [-0.3, -0.25) is 14.4 Å². The van der Waals surface area contributed by atoms with Crippen molar-refractivity contribution in [1.29, 1.82) is 0 Å². The summed E-state index contributed by atoms with van der Waals surface area (Å²) in [5.41, 5.74) is 2.74. The first-order valence-corrected chi connectivity index (χ1v) is 12.4. The summed E-state index contributed by atoms with van der Waals surface area (Å²) in [4.78, 5) is 37.9. The maximum atomic E-state index is 13.6. The number of benzene rings is 1. The molecule has 1 amide bonds. The minimum atomic E-state index is -2.58. The maximum Gasteiger partial charge on any atom is 0.255 e. The summed E-state index contributed by atoms with van der Waals surface area (Å²) >= 11 is 0. The highest BCUT2D eigenvalue weighted by Crippen LogP contribution is 2.53. The number of Topliss-reactive ketones (excluding diaryl/α,β-unsaturated/α-hetero) is 2. The number of fused-ring (bicyclic) bond motifs is 3. The first kappa shape index (κ1) is 25.7. The van der Waals surface area contributed by atoms with Crippen LogP contribution < -0.4 is 11.1 Å². The molecule has 5 rings (SSSR count). The molecule has 0 spiro atoms. The van der Waals surface area contributed by atoms with Crippen molar-refractivity contribution in [3.05, 3.63) is 58.1 Å². The first-order chi connectivity index (χ1) is 17.7. The molecule has 7 N–H and O–H groups in total. The van der Waals surface area contributed by atoms with E-state index in [2.05, 4.69) is 5.32 Å². The summed E-state index contributed by atoms with van der Waals surface area (Å²) in [5, 5.41) is 47.3. The van der Waals surface area contributed by atoms with Crippen LogP contribution in [0.25, 0.3) is 17.1 Å². The van der Waals surface area contributed by atoms with Gasteiger partial charge in [0, 0.05) is 29.0 Å². The maximum absolute atomic E-state index is 13.6. The molecule has 10 nitrogen and oxygen atoms in total. The van der Waals surface area contributed by atoms with E-state index >= 15 is 0 Å². The van der Waals surface area contributed by atoms with E-state index in [1.807, 2.05) is 26.8 Å². The molecule has 10 heteroatoms. The Kier molecular flexibility index (Phi) is 5.81. The zero-order chi connectivity index (χ0) is 27.7. The number of ketones is 2. The number of nitrogens with two attached hydrogens (primary N) is 1. The number of aromatic hydroxyl groups is 1. The second kappa shape index (κ2) is 8.57. The molecule has 0 aliphatic heterocycles. The average Bonchev–Trinajstić information content (AvgIpc) is 3.28. The Bertz CT molecular complexity index is 1460. The van der Waals surface area contributed by atoms with Crippen LogP contribution in [0.15, 0.2) is 45.6 Å². The summed E-state index contributed by atoms with van der Waals surface area (Å²) in [6.45, 7) is 6.61. The van der Waals surface area contributed by atoms with Crippen LogP contribution in [0.1, 0.15) is 50.5 Å². The number of amides is 1.